The largest absolute Gasteiger partial charge is 0.477 e. The molecule has 0 aromatic heterocycles. The summed E-state index contributed by atoms with van der Waals surface area (Å²) in [5.41, 5.74) is 0. The number of ether oxygens (including phenoxy) is 4. The van der Waals surface area contributed by atoms with Gasteiger partial charge in [0, 0.05) is 12.8 Å². The maximum absolute atomic E-state index is 12.9. The molecule has 0 spiro atoms. The molecule has 422 valence electrons. The van der Waals surface area contributed by atoms with Crippen molar-refractivity contribution in [2.45, 2.75) is 238 Å². The quantitative estimate of drug-likeness (QED) is 0.0211. The summed E-state index contributed by atoms with van der Waals surface area (Å²) in [6, 6.07) is 0. The first kappa shape index (κ1) is 70.0. The molecule has 0 rings (SSSR count). The van der Waals surface area contributed by atoms with Gasteiger partial charge in [-0.1, -0.05) is 220 Å². The van der Waals surface area contributed by atoms with E-state index in [1.54, 1.807) is 0 Å². The average molecular weight is 1030 g/mol. The van der Waals surface area contributed by atoms with E-state index in [4.69, 9.17) is 18.9 Å². The number of carbonyl (C=O) groups is 3. The number of carboxylic acid groups (broad SMARTS) is 1. The Kier molecular flexibility index (Phi) is 52.2. The van der Waals surface area contributed by atoms with E-state index >= 15 is 0 Å². The van der Waals surface area contributed by atoms with E-state index in [1.165, 1.54) is 83.5 Å². The summed E-state index contributed by atoms with van der Waals surface area (Å²) in [7, 11) is 5.96. The van der Waals surface area contributed by atoms with Gasteiger partial charge in [-0.05, 0) is 103 Å². The SMILES string of the molecule is CC/C=C\C/C=C\C/C=C\C/C=C\C/C=C\C/C=C\C/C=C\C/C=C\CCCCCCCCCCCCCCC(=O)OC(COC(=O)CCCCCCC/C=C\CCCCC)COC(OCC[N+](C)(C)C)C(=O)O. The number of carbonyl (C=O) groups excluding carboxylic acids is 2. The van der Waals surface area contributed by atoms with Gasteiger partial charge in [0.25, 0.3) is 6.29 Å². The Hall–Kier alpha value is -4.05. The Morgan fingerprint density at radius 1 is 0.419 bits per heavy atom. The third-order valence-electron chi connectivity index (χ3n) is 12.3. The van der Waals surface area contributed by atoms with Crippen LogP contribution in [0.3, 0.4) is 0 Å². The van der Waals surface area contributed by atoms with Crippen molar-refractivity contribution in [2.24, 2.45) is 0 Å². The first-order valence-corrected chi connectivity index (χ1v) is 29.6. The number of likely N-dealkylation sites (N-methyl/N-ethyl adjacent to an activating group) is 1. The van der Waals surface area contributed by atoms with Crippen LogP contribution in [0.2, 0.25) is 0 Å². The van der Waals surface area contributed by atoms with Crippen LogP contribution in [0, 0.1) is 0 Å². The molecule has 0 aliphatic carbocycles. The molecule has 0 aromatic rings. The summed E-state index contributed by atoms with van der Waals surface area (Å²) < 4.78 is 22.8. The second-order valence-electron chi connectivity index (χ2n) is 20.6. The molecule has 9 heteroatoms. The van der Waals surface area contributed by atoms with Crippen molar-refractivity contribution < 1.29 is 42.9 Å². The van der Waals surface area contributed by atoms with Crippen LogP contribution in [0.25, 0.3) is 0 Å². The zero-order valence-corrected chi connectivity index (χ0v) is 48.0. The van der Waals surface area contributed by atoms with Crippen LogP contribution in [-0.4, -0.2) is 87.4 Å². The van der Waals surface area contributed by atoms with E-state index in [0.717, 1.165) is 109 Å². The molecule has 0 saturated carbocycles. The second-order valence-corrected chi connectivity index (χ2v) is 20.6. The lowest BCUT2D eigenvalue weighted by atomic mass is 10.0. The number of aliphatic carboxylic acids is 1. The minimum atomic E-state index is -1.52. The highest BCUT2D eigenvalue weighted by Gasteiger charge is 2.25. The van der Waals surface area contributed by atoms with Crippen LogP contribution in [0.1, 0.15) is 226 Å². The number of esters is 2. The molecular weight excluding hydrogens is 923 g/mol. The molecule has 0 bridgehead atoms. The minimum absolute atomic E-state index is 0.182. The fourth-order valence-electron chi connectivity index (χ4n) is 7.73. The average Bonchev–Trinajstić information content (AvgIpc) is 3.37. The van der Waals surface area contributed by atoms with E-state index < -0.39 is 24.3 Å². The van der Waals surface area contributed by atoms with Gasteiger partial charge in [-0.3, -0.25) is 9.59 Å². The van der Waals surface area contributed by atoms with Gasteiger partial charge in [-0.15, -0.1) is 0 Å². The molecule has 0 aliphatic heterocycles. The van der Waals surface area contributed by atoms with E-state index in [-0.39, 0.29) is 38.6 Å². The molecular formula is C65H110NO8+. The second kappa shape index (κ2) is 55.2. The summed E-state index contributed by atoms with van der Waals surface area (Å²) in [4.78, 5) is 37.3. The van der Waals surface area contributed by atoms with E-state index in [9.17, 15) is 19.5 Å². The zero-order chi connectivity index (χ0) is 54.1. The standard InChI is InChI=1S/C65H109NO8/c1-6-8-10-12-14-16-18-20-21-22-23-24-25-26-27-28-29-30-31-32-33-34-35-36-37-38-39-40-41-42-43-44-46-48-50-52-54-56-63(68)74-61(60-73-65(64(69)70)71-58-57-66(3,4)5)59-72-62(67)55-53-51-49-47-45-19-17-15-13-11-9-7-2/h8,10,14-17,20-21,23-24,26-27,29-30,32-33,35-36,61,65H,6-7,9,11-13,18-19,22,25,28,31,34,37-60H2,1-5H3/p+1/b10-8-,16-14-,17-15-,21-20-,24-23-,27-26-,30-29-,33-32-,36-35-. The lowest BCUT2D eigenvalue weighted by molar-refractivity contribution is -0.870. The van der Waals surface area contributed by atoms with Gasteiger partial charge in [0.2, 0.25) is 0 Å². The van der Waals surface area contributed by atoms with Gasteiger partial charge in [0.15, 0.2) is 6.10 Å². The molecule has 74 heavy (non-hydrogen) atoms. The Morgan fingerprint density at radius 2 is 0.770 bits per heavy atom. The van der Waals surface area contributed by atoms with Gasteiger partial charge in [-0.2, -0.15) is 0 Å². The summed E-state index contributed by atoms with van der Waals surface area (Å²) in [6.45, 7) is 4.71. The minimum Gasteiger partial charge on any atom is -0.477 e. The van der Waals surface area contributed by atoms with Crippen LogP contribution in [-0.2, 0) is 33.3 Å². The number of allylic oxidation sites excluding steroid dienone is 18. The van der Waals surface area contributed by atoms with Crippen molar-refractivity contribution >= 4 is 17.9 Å². The van der Waals surface area contributed by atoms with Crippen molar-refractivity contribution in [1.29, 1.82) is 0 Å². The Labute approximate surface area is 454 Å². The number of unbranched alkanes of at least 4 members (excludes halogenated alkanes) is 20. The monoisotopic (exact) mass is 1030 g/mol. The summed E-state index contributed by atoms with van der Waals surface area (Å²) in [5, 5.41) is 9.68. The summed E-state index contributed by atoms with van der Waals surface area (Å²) in [6.07, 6.45) is 73.2. The van der Waals surface area contributed by atoms with Crippen LogP contribution in [0.15, 0.2) is 109 Å². The van der Waals surface area contributed by atoms with Crippen LogP contribution < -0.4 is 0 Å². The van der Waals surface area contributed by atoms with Gasteiger partial charge >= 0.3 is 17.9 Å². The Morgan fingerprint density at radius 3 is 1.16 bits per heavy atom. The molecule has 2 atom stereocenters. The third-order valence-corrected chi connectivity index (χ3v) is 12.3. The predicted molar refractivity (Wildman–Crippen MR) is 313 cm³/mol. The smallest absolute Gasteiger partial charge is 0.361 e. The number of hydrogen-bond acceptors (Lipinski definition) is 7. The van der Waals surface area contributed by atoms with E-state index in [1.807, 2.05) is 21.1 Å². The molecule has 1 N–H and O–H groups in total. The fraction of sp³-hybridized carbons (Fsp3) is 0.677. The number of carboxylic acids is 1. The fourth-order valence-corrected chi connectivity index (χ4v) is 7.73. The molecule has 9 nitrogen and oxygen atoms in total. The highest BCUT2D eigenvalue weighted by Crippen LogP contribution is 2.15. The van der Waals surface area contributed by atoms with Crippen LogP contribution in [0.5, 0.6) is 0 Å². The molecule has 0 radical (unpaired) electrons. The Balaban J connectivity index is 4.12. The van der Waals surface area contributed by atoms with Crippen molar-refractivity contribution in [1.82, 2.24) is 0 Å². The number of hydrogen-bond donors (Lipinski definition) is 1. The molecule has 0 aliphatic rings. The Bertz CT molecular complexity index is 1580. The zero-order valence-electron chi connectivity index (χ0n) is 48.0. The van der Waals surface area contributed by atoms with Gasteiger partial charge in [0.1, 0.15) is 13.2 Å². The molecule has 2 unspecified atom stereocenters. The number of quaternary nitrogens is 1. The van der Waals surface area contributed by atoms with Crippen molar-refractivity contribution in [3.05, 3.63) is 109 Å². The van der Waals surface area contributed by atoms with Crippen LogP contribution in [0.4, 0.5) is 0 Å². The molecule has 0 aromatic carbocycles. The maximum Gasteiger partial charge on any atom is 0.361 e. The molecule has 0 fully saturated rings. The number of nitrogens with zero attached hydrogens (tertiary/aromatic N) is 1. The van der Waals surface area contributed by atoms with Gasteiger partial charge < -0.3 is 28.5 Å². The topological polar surface area (TPSA) is 108 Å². The normalized spacial score (nSPS) is 13.6. The third kappa shape index (κ3) is 55.7. The molecule has 0 saturated heterocycles. The van der Waals surface area contributed by atoms with E-state index in [0.29, 0.717) is 17.4 Å². The van der Waals surface area contributed by atoms with Crippen molar-refractivity contribution in [3.8, 4) is 0 Å². The lowest BCUT2D eigenvalue weighted by Crippen LogP contribution is -2.40. The molecule has 0 amide bonds. The highest BCUT2D eigenvalue weighted by molar-refractivity contribution is 5.71. The lowest BCUT2D eigenvalue weighted by Gasteiger charge is -2.25. The maximum atomic E-state index is 12.9. The van der Waals surface area contributed by atoms with E-state index in [2.05, 4.69) is 123 Å². The molecule has 0 heterocycles. The predicted octanol–water partition coefficient (Wildman–Crippen LogP) is 17.5. The van der Waals surface area contributed by atoms with Crippen molar-refractivity contribution in [2.75, 3.05) is 47.5 Å². The van der Waals surface area contributed by atoms with Crippen molar-refractivity contribution in [3.63, 3.8) is 0 Å². The van der Waals surface area contributed by atoms with Crippen LogP contribution >= 0.6 is 0 Å². The first-order valence-electron chi connectivity index (χ1n) is 29.6. The van der Waals surface area contributed by atoms with Gasteiger partial charge in [0.05, 0.1) is 34.4 Å². The summed E-state index contributed by atoms with van der Waals surface area (Å²) in [5.74, 6) is -2.03. The first-order chi connectivity index (χ1) is 36.1. The number of rotatable bonds is 53. The highest BCUT2D eigenvalue weighted by atomic mass is 16.7. The van der Waals surface area contributed by atoms with Gasteiger partial charge in [-0.25, -0.2) is 4.79 Å². The summed E-state index contributed by atoms with van der Waals surface area (Å²) >= 11 is 0.